The molecule has 4 nitrogen and oxygen atoms in total. The van der Waals surface area contributed by atoms with Crippen LogP contribution in [0.4, 0.5) is 0 Å². The molecule has 4 heteroatoms. The molecule has 124 valence electrons. The third-order valence-corrected chi connectivity index (χ3v) is 4.62. The van der Waals surface area contributed by atoms with Crippen LogP contribution in [0.5, 0.6) is 0 Å². The van der Waals surface area contributed by atoms with Crippen molar-refractivity contribution in [1.82, 2.24) is 9.47 Å². The highest BCUT2D eigenvalue weighted by molar-refractivity contribution is 5.80. The first-order valence-electron chi connectivity index (χ1n) is 8.45. The van der Waals surface area contributed by atoms with Gasteiger partial charge in [0.25, 0.3) is 0 Å². The first-order chi connectivity index (χ1) is 11.0. The molecular weight excluding hydrogens is 288 g/mol. The van der Waals surface area contributed by atoms with Crippen molar-refractivity contribution >= 4 is 16.8 Å². The number of fused-ring (bicyclic) bond motifs is 1. The normalized spacial score (nSPS) is 19.3. The number of benzene rings is 1. The molecule has 3 rings (SSSR count). The fraction of sp³-hybridized carbons (Fsp3) is 0.526. The van der Waals surface area contributed by atoms with E-state index in [1.54, 1.807) is 0 Å². The first kappa shape index (κ1) is 16.1. The Morgan fingerprint density at radius 1 is 1.35 bits per heavy atom. The number of aromatic nitrogens is 1. The zero-order valence-corrected chi connectivity index (χ0v) is 14.3. The van der Waals surface area contributed by atoms with Crippen LogP contribution < -0.4 is 0 Å². The number of rotatable bonds is 3. The molecule has 0 bridgehead atoms. The summed E-state index contributed by atoms with van der Waals surface area (Å²) in [4.78, 5) is 14.3. The number of amides is 1. The Labute approximate surface area is 138 Å². The van der Waals surface area contributed by atoms with Gasteiger partial charge in [0.15, 0.2) is 0 Å². The fourth-order valence-corrected chi connectivity index (χ4v) is 3.36. The Balaban J connectivity index is 1.72. The molecular formula is C19H26N2O2. The van der Waals surface area contributed by atoms with E-state index in [1.165, 1.54) is 16.5 Å². The lowest BCUT2D eigenvalue weighted by Crippen LogP contribution is -2.38. The van der Waals surface area contributed by atoms with Gasteiger partial charge in [-0.05, 0) is 35.6 Å². The van der Waals surface area contributed by atoms with Crippen molar-refractivity contribution in [2.75, 3.05) is 26.3 Å². The average Bonchev–Trinajstić information content (AvgIpc) is 2.75. The lowest BCUT2D eigenvalue weighted by atomic mass is 9.98. The molecule has 2 aromatic rings. The summed E-state index contributed by atoms with van der Waals surface area (Å²) in [5.41, 5.74) is 2.57. The minimum atomic E-state index is 0.0504. The molecule has 1 atom stereocenters. The van der Waals surface area contributed by atoms with Gasteiger partial charge in [0.05, 0.1) is 13.2 Å². The second-order valence-corrected chi connectivity index (χ2v) is 6.90. The van der Waals surface area contributed by atoms with Crippen LogP contribution in [0.25, 0.3) is 10.9 Å². The van der Waals surface area contributed by atoms with Crippen LogP contribution in [0.2, 0.25) is 0 Å². The van der Waals surface area contributed by atoms with E-state index in [2.05, 4.69) is 42.1 Å². The maximum absolute atomic E-state index is 12.3. The average molecular weight is 314 g/mol. The zero-order valence-electron chi connectivity index (χ0n) is 14.3. The molecule has 1 aromatic carbocycles. The van der Waals surface area contributed by atoms with Gasteiger partial charge in [-0.3, -0.25) is 4.79 Å². The Bertz CT molecular complexity index is 690. The predicted octanol–water partition coefficient (Wildman–Crippen LogP) is 2.85. The monoisotopic (exact) mass is 314 g/mol. The number of nitrogens with zero attached hydrogens (tertiary/aromatic N) is 2. The predicted molar refractivity (Wildman–Crippen MR) is 92.4 cm³/mol. The van der Waals surface area contributed by atoms with E-state index >= 15 is 0 Å². The van der Waals surface area contributed by atoms with E-state index < -0.39 is 0 Å². The summed E-state index contributed by atoms with van der Waals surface area (Å²) in [5.74, 6) is 0.648. The van der Waals surface area contributed by atoms with Crippen LogP contribution in [0.3, 0.4) is 0 Å². The number of carbonyl (C=O) groups excluding carboxylic acids is 1. The summed E-state index contributed by atoms with van der Waals surface area (Å²) in [6.07, 6.45) is 3.04. The Kier molecular flexibility index (Phi) is 4.71. The molecule has 1 aliphatic rings. The van der Waals surface area contributed by atoms with Gasteiger partial charge in [0.2, 0.25) is 5.91 Å². The molecule has 0 radical (unpaired) electrons. The Morgan fingerprint density at radius 3 is 2.96 bits per heavy atom. The van der Waals surface area contributed by atoms with Gasteiger partial charge in [-0.2, -0.15) is 0 Å². The van der Waals surface area contributed by atoms with Crippen LogP contribution in [-0.4, -0.2) is 41.7 Å². The lowest BCUT2D eigenvalue weighted by Gasteiger charge is -2.25. The van der Waals surface area contributed by atoms with Crippen LogP contribution in [0.15, 0.2) is 30.5 Å². The van der Waals surface area contributed by atoms with Crippen molar-refractivity contribution in [3.8, 4) is 0 Å². The van der Waals surface area contributed by atoms with Gasteiger partial charge < -0.3 is 14.2 Å². The number of hydrogen-bond donors (Lipinski definition) is 0. The zero-order chi connectivity index (χ0) is 16.4. The van der Waals surface area contributed by atoms with Gasteiger partial charge in [0, 0.05) is 43.7 Å². The highest BCUT2D eigenvalue weighted by atomic mass is 16.5. The van der Waals surface area contributed by atoms with Crippen molar-refractivity contribution < 1.29 is 9.53 Å². The SMILES string of the molecule is CC(C)C(=O)N1CCOC[C@@H](Cc2ccc3c(ccn3C)c2)C1. The summed E-state index contributed by atoms with van der Waals surface area (Å²) in [6.45, 7) is 6.81. The van der Waals surface area contributed by atoms with Crippen molar-refractivity contribution in [3.63, 3.8) is 0 Å². The van der Waals surface area contributed by atoms with Crippen LogP contribution in [0, 0.1) is 11.8 Å². The van der Waals surface area contributed by atoms with Crippen LogP contribution in [-0.2, 0) is 23.0 Å². The highest BCUT2D eigenvalue weighted by Gasteiger charge is 2.24. The largest absolute Gasteiger partial charge is 0.379 e. The van der Waals surface area contributed by atoms with E-state index in [0.717, 1.165) is 19.6 Å². The second kappa shape index (κ2) is 6.75. The third kappa shape index (κ3) is 3.58. The molecule has 0 aliphatic carbocycles. The maximum atomic E-state index is 12.3. The standard InChI is InChI=1S/C19H26N2O2/c1-14(2)19(22)21-8-9-23-13-16(12-21)10-15-4-5-18-17(11-15)6-7-20(18)3/h4-7,11,14,16H,8-10,12-13H2,1-3H3/t16-/m0/s1. The number of hydrogen-bond acceptors (Lipinski definition) is 2. The minimum Gasteiger partial charge on any atom is -0.379 e. The number of aryl methyl sites for hydroxylation is 1. The molecule has 2 heterocycles. The summed E-state index contributed by atoms with van der Waals surface area (Å²) < 4.78 is 7.87. The molecule has 0 unspecified atom stereocenters. The van der Waals surface area contributed by atoms with Gasteiger partial charge in [-0.1, -0.05) is 19.9 Å². The lowest BCUT2D eigenvalue weighted by molar-refractivity contribution is -0.134. The summed E-state index contributed by atoms with van der Waals surface area (Å²) in [6, 6.07) is 8.78. The van der Waals surface area contributed by atoms with Crippen molar-refractivity contribution in [2.24, 2.45) is 18.9 Å². The van der Waals surface area contributed by atoms with Gasteiger partial charge in [-0.15, -0.1) is 0 Å². The van der Waals surface area contributed by atoms with E-state index in [0.29, 0.717) is 19.1 Å². The topological polar surface area (TPSA) is 34.5 Å². The van der Waals surface area contributed by atoms with Crippen molar-refractivity contribution in [3.05, 3.63) is 36.0 Å². The summed E-state index contributed by atoms with van der Waals surface area (Å²) in [7, 11) is 2.07. The molecule has 1 fully saturated rings. The van der Waals surface area contributed by atoms with Gasteiger partial charge in [-0.25, -0.2) is 0 Å². The molecule has 1 amide bonds. The summed E-state index contributed by atoms with van der Waals surface area (Å²) in [5, 5.41) is 1.27. The summed E-state index contributed by atoms with van der Waals surface area (Å²) >= 11 is 0. The van der Waals surface area contributed by atoms with Crippen LogP contribution in [0.1, 0.15) is 19.4 Å². The number of carbonyl (C=O) groups is 1. The van der Waals surface area contributed by atoms with Gasteiger partial charge >= 0.3 is 0 Å². The molecule has 0 N–H and O–H groups in total. The van der Waals surface area contributed by atoms with E-state index in [9.17, 15) is 4.79 Å². The second-order valence-electron chi connectivity index (χ2n) is 6.90. The Hall–Kier alpha value is -1.81. The van der Waals surface area contributed by atoms with E-state index in [1.807, 2.05) is 18.7 Å². The van der Waals surface area contributed by atoms with Crippen LogP contribution >= 0.6 is 0 Å². The van der Waals surface area contributed by atoms with Crippen molar-refractivity contribution in [1.29, 1.82) is 0 Å². The van der Waals surface area contributed by atoms with Crippen molar-refractivity contribution in [2.45, 2.75) is 20.3 Å². The van der Waals surface area contributed by atoms with Gasteiger partial charge in [0.1, 0.15) is 0 Å². The van der Waals surface area contributed by atoms with E-state index in [-0.39, 0.29) is 11.8 Å². The van der Waals surface area contributed by atoms with E-state index in [4.69, 9.17) is 4.74 Å². The molecule has 0 spiro atoms. The highest BCUT2D eigenvalue weighted by Crippen LogP contribution is 2.20. The quantitative estimate of drug-likeness (QED) is 0.873. The molecule has 0 saturated carbocycles. The fourth-order valence-electron chi connectivity index (χ4n) is 3.36. The Morgan fingerprint density at radius 2 is 2.17 bits per heavy atom. The number of ether oxygens (including phenoxy) is 1. The smallest absolute Gasteiger partial charge is 0.225 e. The third-order valence-electron chi connectivity index (χ3n) is 4.62. The first-order valence-corrected chi connectivity index (χ1v) is 8.45. The molecule has 1 saturated heterocycles. The molecule has 1 aromatic heterocycles. The molecule has 23 heavy (non-hydrogen) atoms. The minimum absolute atomic E-state index is 0.0504. The maximum Gasteiger partial charge on any atom is 0.225 e. The molecule has 1 aliphatic heterocycles.